The van der Waals surface area contributed by atoms with Crippen molar-refractivity contribution < 1.29 is 14.6 Å². The van der Waals surface area contributed by atoms with Crippen LogP contribution in [0.5, 0.6) is 11.5 Å². The molecule has 0 atom stereocenters. The van der Waals surface area contributed by atoms with E-state index in [1.165, 1.54) is 25.3 Å². The van der Waals surface area contributed by atoms with Crippen molar-refractivity contribution in [2.24, 2.45) is 5.73 Å². The lowest BCUT2D eigenvalue weighted by molar-refractivity contribution is 0.0943. The maximum absolute atomic E-state index is 11.5. The van der Waals surface area contributed by atoms with Gasteiger partial charge < -0.3 is 15.6 Å². The van der Waals surface area contributed by atoms with E-state index < -0.39 is 5.91 Å². The van der Waals surface area contributed by atoms with Crippen molar-refractivity contribution >= 4 is 23.2 Å². The molecule has 1 aromatic rings. The lowest BCUT2D eigenvalue weighted by Crippen LogP contribution is -2.44. The summed E-state index contributed by atoms with van der Waals surface area (Å²) in [5.74, 6) is -0.296. The number of nitrogens with one attached hydrogen (secondary N) is 2. The number of thiocarbonyl (C=S) groups is 1. The van der Waals surface area contributed by atoms with Crippen LogP contribution in [0.15, 0.2) is 18.2 Å². The smallest absolute Gasteiger partial charge is 0.269 e. The normalized spacial score (nSPS) is 9.31. The zero-order valence-electron chi connectivity index (χ0n) is 8.48. The van der Waals surface area contributed by atoms with Gasteiger partial charge in [0.1, 0.15) is 0 Å². The molecule has 0 saturated heterocycles. The van der Waals surface area contributed by atoms with Gasteiger partial charge in [-0.3, -0.25) is 15.6 Å². The van der Waals surface area contributed by atoms with Crippen LogP contribution in [0.4, 0.5) is 0 Å². The second kappa shape index (κ2) is 5.17. The molecular formula is C9H11N3O3S. The molecule has 6 nitrogen and oxygen atoms in total. The molecule has 7 heteroatoms. The van der Waals surface area contributed by atoms with Crippen molar-refractivity contribution in [1.29, 1.82) is 0 Å². The van der Waals surface area contributed by atoms with Gasteiger partial charge in [-0.15, -0.1) is 0 Å². The van der Waals surface area contributed by atoms with Crippen LogP contribution in [0.25, 0.3) is 0 Å². The number of amides is 1. The van der Waals surface area contributed by atoms with Gasteiger partial charge in [0.15, 0.2) is 16.6 Å². The van der Waals surface area contributed by atoms with Crippen LogP contribution < -0.4 is 21.3 Å². The molecule has 1 aromatic carbocycles. The molecule has 1 rings (SSSR count). The maximum atomic E-state index is 11.5. The number of hydrogen-bond donors (Lipinski definition) is 4. The summed E-state index contributed by atoms with van der Waals surface area (Å²) in [5.41, 5.74) is 9.93. The van der Waals surface area contributed by atoms with E-state index in [-0.39, 0.29) is 16.4 Å². The van der Waals surface area contributed by atoms with Gasteiger partial charge in [-0.2, -0.15) is 0 Å². The van der Waals surface area contributed by atoms with E-state index >= 15 is 0 Å². The van der Waals surface area contributed by atoms with E-state index in [2.05, 4.69) is 23.1 Å². The number of hydrazine groups is 1. The molecule has 0 bridgehead atoms. The van der Waals surface area contributed by atoms with Gasteiger partial charge >= 0.3 is 0 Å². The maximum Gasteiger partial charge on any atom is 0.269 e. The Bertz CT molecular complexity index is 422. The topological polar surface area (TPSA) is 96.6 Å². The van der Waals surface area contributed by atoms with E-state index in [1.807, 2.05) is 0 Å². The molecule has 0 aromatic heterocycles. The van der Waals surface area contributed by atoms with Crippen molar-refractivity contribution in [2.75, 3.05) is 7.11 Å². The average Bonchev–Trinajstić information content (AvgIpc) is 2.25. The van der Waals surface area contributed by atoms with E-state index in [4.69, 9.17) is 10.5 Å². The Kier molecular flexibility index (Phi) is 3.90. The van der Waals surface area contributed by atoms with Crippen LogP contribution in [0.3, 0.4) is 0 Å². The number of ether oxygens (including phenoxy) is 1. The number of carbonyl (C=O) groups is 1. The Morgan fingerprint density at radius 3 is 2.69 bits per heavy atom. The average molecular weight is 241 g/mol. The van der Waals surface area contributed by atoms with Crippen molar-refractivity contribution in [3.63, 3.8) is 0 Å². The monoisotopic (exact) mass is 241 g/mol. The summed E-state index contributed by atoms with van der Waals surface area (Å²) in [6.45, 7) is 0. The molecule has 0 saturated carbocycles. The van der Waals surface area contributed by atoms with Crippen molar-refractivity contribution in [3.05, 3.63) is 23.8 Å². The highest BCUT2D eigenvalue weighted by Gasteiger charge is 2.08. The number of aromatic hydroxyl groups is 1. The van der Waals surface area contributed by atoms with Crippen LogP contribution in [-0.4, -0.2) is 23.2 Å². The van der Waals surface area contributed by atoms with Crippen molar-refractivity contribution in [2.45, 2.75) is 0 Å². The van der Waals surface area contributed by atoms with Crippen molar-refractivity contribution in [3.8, 4) is 11.5 Å². The highest BCUT2D eigenvalue weighted by atomic mass is 32.1. The van der Waals surface area contributed by atoms with Crippen molar-refractivity contribution in [1.82, 2.24) is 10.9 Å². The summed E-state index contributed by atoms with van der Waals surface area (Å²) in [4.78, 5) is 11.5. The summed E-state index contributed by atoms with van der Waals surface area (Å²) in [6.07, 6.45) is 0. The Labute approximate surface area is 97.4 Å². The molecule has 0 unspecified atom stereocenters. The third kappa shape index (κ3) is 2.99. The third-order valence-corrected chi connectivity index (χ3v) is 1.84. The molecule has 1 amide bonds. The van der Waals surface area contributed by atoms with Crippen LogP contribution in [-0.2, 0) is 0 Å². The predicted octanol–water partition coefficient (Wildman–Crippen LogP) is -0.121. The van der Waals surface area contributed by atoms with Gasteiger partial charge in [0.05, 0.1) is 7.11 Å². The van der Waals surface area contributed by atoms with E-state index in [9.17, 15) is 9.90 Å². The van der Waals surface area contributed by atoms with E-state index in [1.54, 1.807) is 0 Å². The fraction of sp³-hybridized carbons (Fsp3) is 0.111. The molecule has 0 spiro atoms. The number of rotatable bonds is 2. The van der Waals surface area contributed by atoms with Gasteiger partial charge in [-0.25, -0.2) is 0 Å². The second-order valence-electron chi connectivity index (χ2n) is 2.83. The third-order valence-electron chi connectivity index (χ3n) is 1.74. The van der Waals surface area contributed by atoms with Crippen LogP contribution >= 0.6 is 12.2 Å². The first-order valence-corrected chi connectivity index (χ1v) is 4.68. The first-order valence-electron chi connectivity index (χ1n) is 4.27. The number of carbonyl (C=O) groups excluding carboxylic acids is 1. The Morgan fingerprint density at radius 1 is 1.50 bits per heavy atom. The first-order chi connectivity index (χ1) is 7.54. The Hall–Kier alpha value is -2.02. The minimum atomic E-state index is -0.467. The number of phenols is 1. The number of benzene rings is 1. The zero-order chi connectivity index (χ0) is 12.1. The molecule has 0 aliphatic carbocycles. The van der Waals surface area contributed by atoms with Gasteiger partial charge in [-0.05, 0) is 30.4 Å². The van der Waals surface area contributed by atoms with E-state index in [0.29, 0.717) is 5.75 Å². The molecule has 0 aliphatic rings. The molecule has 0 radical (unpaired) electrons. The molecule has 0 aliphatic heterocycles. The number of phenolic OH excluding ortho intramolecular Hbond substituents is 1. The van der Waals surface area contributed by atoms with Crippen LogP contribution in [0.2, 0.25) is 0 Å². The summed E-state index contributed by atoms with van der Waals surface area (Å²) < 4.78 is 4.84. The predicted molar refractivity (Wildman–Crippen MR) is 62.0 cm³/mol. The van der Waals surface area contributed by atoms with Crippen LogP contribution in [0.1, 0.15) is 10.4 Å². The summed E-state index contributed by atoms with van der Waals surface area (Å²) in [7, 11) is 1.42. The van der Waals surface area contributed by atoms with E-state index in [0.717, 1.165) is 0 Å². The summed E-state index contributed by atoms with van der Waals surface area (Å²) in [5, 5.41) is 9.39. The van der Waals surface area contributed by atoms with Gasteiger partial charge in [-0.1, -0.05) is 0 Å². The lowest BCUT2D eigenvalue weighted by Gasteiger charge is -2.08. The molecular weight excluding hydrogens is 230 g/mol. The number of hydrogen-bond acceptors (Lipinski definition) is 4. The minimum Gasteiger partial charge on any atom is -0.504 e. The molecule has 16 heavy (non-hydrogen) atoms. The standard InChI is InChI=1S/C9H11N3O3S/c1-15-7-3-2-5(4-6(7)13)8(14)11-12-9(10)16/h2-4,13H,1H3,(H,11,14)(H3,10,12,16). The SMILES string of the molecule is COc1ccc(C(=O)NNC(N)=S)cc1O. The molecule has 86 valence electrons. The first kappa shape index (κ1) is 12.1. The summed E-state index contributed by atoms with van der Waals surface area (Å²) >= 11 is 4.51. The van der Waals surface area contributed by atoms with Gasteiger partial charge in [0.2, 0.25) is 0 Å². The quantitative estimate of drug-likeness (QED) is 0.426. The molecule has 0 heterocycles. The molecule has 5 N–H and O–H groups in total. The number of methoxy groups -OCH3 is 1. The minimum absolute atomic E-state index is 0.0499. The largest absolute Gasteiger partial charge is 0.504 e. The number of nitrogens with two attached hydrogens (primary N) is 1. The summed E-state index contributed by atoms with van der Waals surface area (Å²) in [6, 6.07) is 4.25. The zero-order valence-corrected chi connectivity index (χ0v) is 9.30. The fourth-order valence-corrected chi connectivity index (χ4v) is 1.07. The van der Waals surface area contributed by atoms with Gasteiger partial charge in [0.25, 0.3) is 5.91 Å². The second-order valence-corrected chi connectivity index (χ2v) is 3.27. The lowest BCUT2D eigenvalue weighted by atomic mass is 10.2. The Balaban J connectivity index is 2.77. The molecule has 0 fully saturated rings. The highest BCUT2D eigenvalue weighted by Crippen LogP contribution is 2.25. The fourth-order valence-electron chi connectivity index (χ4n) is 1.02. The Morgan fingerprint density at radius 2 is 2.19 bits per heavy atom. The van der Waals surface area contributed by atoms with Gasteiger partial charge in [0, 0.05) is 5.56 Å². The highest BCUT2D eigenvalue weighted by molar-refractivity contribution is 7.80. The van der Waals surface area contributed by atoms with Crippen LogP contribution in [0, 0.1) is 0 Å².